The highest BCUT2D eigenvalue weighted by molar-refractivity contribution is 5.85. The Morgan fingerprint density at radius 2 is 1.75 bits per heavy atom. The van der Waals surface area contributed by atoms with Gasteiger partial charge in [0.1, 0.15) is 0 Å². The number of carbonyl (C=O) groups excluding carboxylic acids is 2. The number of nitrogens with zero attached hydrogens (tertiary/aromatic N) is 2. The SMILES string of the molecule is COC(=O)[C@H](NC(=O)CCCn1cnc2cc(OC)c(OC)cc2c1=O)c1ccccc1. The largest absolute Gasteiger partial charge is 0.493 e. The Balaban J connectivity index is 1.67. The van der Waals surface area contributed by atoms with Crippen LogP contribution in [0.3, 0.4) is 0 Å². The van der Waals surface area contributed by atoms with Gasteiger partial charge >= 0.3 is 5.97 Å². The van der Waals surface area contributed by atoms with Crippen molar-refractivity contribution < 1.29 is 23.8 Å². The third kappa shape index (κ3) is 5.05. The van der Waals surface area contributed by atoms with E-state index in [1.807, 2.05) is 6.07 Å². The highest BCUT2D eigenvalue weighted by Gasteiger charge is 2.23. The van der Waals surface area contributed by atoms with Crippen molar-refractivity contribution in [2.24, 2.45) is 0 Å². The molecule has 1 heterocycles. The molecular weight excluding hydrogens is 414 g/mol. The average Bonchev–Trinajstić information content (AvgIpc) is 2.83. The maximum absolute atomic E-state index is 12.8. The molecule has 1 N–H and O–H groups in total. The van der Waals surface area contributed by atoms with Crippen molar-refractivity contribution in [1.29, 1.82) is 0 Å². The van der Waals surface area contributed by atoms with E-state index in [-0.39, 0.29) is 24.4 Å². The fourth-order valence-electron chi connectivity index (χ4n) is 3.33. The third-order valence-electron chi connectivity index (χ3n) is 5.01. The second-order valence-electron chi connectivity index (χ2n) is 7.01. The number of methoxy groups -OCH3 is 3. The van der Waals surface area contributed by atoms with Gasteiger partial charge in [-0.2, -0.15) is 0 Å². The number of benzene rings is 2. The Hall–Kier alpha value is -3.88. The molecule has 0 fully saturated rings. The molecular formula is C23H25N3O6. The zero-order valence-electron chi connectivity index (χ0n) is 18.2. The maximum atomic E-state index is 12.8. The second-order valence-corrected chi connectivity index (χ2v) is 7.01. The van der Waals surface area contributed by atoms with Crippen molar-refractivity contribution in [3.8, 4) is 11.5 Å². The molecule has 32 heavy (non-hydrogen) atoms. The Kier molecular flexibility index (Phi) is 7.43. The van der Waals surface area contributed by atoms with Crippen LogP contribution in [0.15, 0.2) is 53.6 Å². The number of carbonyl (C=O) groups is 2. The van der Waals surface area contributed by atoms with Gasteiger partial charge in [0.25, 0.3) is 5.56 Å². The standard InChI is InChI=1S/C23H25N3O6/c1-30-18-12-16-17(13-19(18)31-2)24-14-26(22(16)28)11-7-10-20(27)25-21(23(29)32-3)15-8-5-4-6-9-15/h4-6,8-9,12-14,21H,7,10-11H2,1-3H3,(H,25,27)/t21-/m1/s1. The number of aryl methyl sites for hydroxylation is 1. The predicted molar refractivity (Wildman–Crippen MR) is 118 cm³/mol. The lowest BCUT2D eigenvalue weighted by Gasteiger charge is -2.17. The number of aromatic nitrogens is 2. The Labute approximate surface area is 184 Å². The first-order chi connectivity index (χ1) is 15.5. The minimum Gasteiger partial charge on any atom is -0.493 e. The first-order valence-electron chi connectivity index (χ1n) is 10.0. The normalized spacial score (nSPS) is 11.6. The van der Waals surface area contributed by atoms with Crippen molar-refractivity contribution in [1.82, 2.24) is 14.9 Å². The van der Waals surface area contributed by atoms with Crippen LogP contribution in [-0.4, -0.2) is 42.8 Å². The van der Waals surface area contributed by atoms with E-state index in [1.54, 1.807) is 36.4 Å². The van der Waals surface area contributed by atoms with Gasteiger partial charge in [-0.1, -0.05) is 30.3 Å². The van der Waals surface area contributed by atoms with Gasteiger partial charge < -0.3 is 19.5 Å². The van der Waals surface area contributed by atoms with E-state index < -0.39 is 12.0 Å². The minimum absolute atomic E-state index is 0.122. The molecule has 9 heteroatoms. The van der Waals surface area contributed by atoms with Crippen molar-refractivity contribution >= 4 is 22.8 Å². The van der Waals surface area contributed by atoms with Crippen molar-refractivity contribution in [3.05, 3.63) is 64.7 Å². The Morgan fingerprint density at radius 1 is 1.06 bits per heavy atom. The number of hydrogen-bond acceptors (Lipinski definition) is 7. The van der Waals surface area contributed by atoms with Gasteiger partial charge in [-0.15, -0.1) is 0 Å². The summed E-state index contributed by atoms with van der Waals surface area (Å²) < 4.78 is 16.8. The van der Waals surface area contributed by atoms with Crippen LogP contribution in [0, 0.1) is 0 Å². The first kappa shape index (κ1) is 22.8. The predicted octanol–water partition coefficient (Wildman–Crippen LogP) is 2.22. The number of rotatable bonds is 9. The zero-order valence-corrected chi connectivity index (χ0v) is 18.2. The van der Waals surface area contributed by atoms with Crippen LogP contribution in [0.25, 0.3) is 10.9 Å². The summed E-state index contributed by atoms with van der Waals surface area (Å²) in [6.07, 6.45) is 1.95. The number of hydrogen-bond donors (Lipinski definition) is 1. The molecule has 3 rings (SSSR count). The van der Waals surface area contributed by atoms with Gasteiger partial charge in [0, 0.05) is 19.0 Å². The van der Waals surface area contributed by atoms with E-state index in [1.165, 1.54) is 32.2 Å². The molecule has 0 aliphatic heterocycles. The summed E-state index contributed by atoms with van der Waals surface area (Å²) >= 11 is 0. The van der Waals surface area contributed by atoms with Gasteiger partial charge in [0.15, 0.2) is 17.5 Å². The molecule has 1 atom stereocenters. The molecule has 0 bridgehead atoms. The van der Waals surface area contributed by atoms with Crippen molar-refractivity contribution in [3.63, 3.8) is 0 Å². The molecule has 0 aliphatic rings. The molecule has 1 aromatic heterocycles. The van der Waals surface area contributed by atoms with Gasteiger partial charge in [-0.25, -0.2) is 9.78 Å². The molecule has 0 saturated heterocycles. The van der Waals surface area contributed by atoms with Crippen LogP contribution >= 0.6 is 0 Å². The highest BCUT2D eigenvalue weighted by Crippen LogP contribution is 2.29. The highest BCUT2D eigenvalue weighted by atomic mass is 16.5. The first-order valence-corrected chi connectivity index (χ1v) is 10.0. The molecule has 1 amide bonds. The topological polar surface area (TPSA) is 109 Å². The van der Waals surface area contributed by atoms with E-state index in [0.717, 1.165) is 0 Å². The van der Waals surface area contributed by atoms with E-state index in [0.29, 0.717) is 34.4 Å². The van der Waals surface area contributed by atoms with Crippen LogP contribution in [-0.2, 0) is 20.9 Å². The fraction of sp³-hybridized carbons (Fsp3) is 0.304. The Morgan fingerprint density at radius 3 is 2.41 bits per heavy atom. The van der Waals surface area contributed by atoms with E-state index in [2.05, 4.69) is 10.3 Å². The molecule has 0 spiro atoms. The van der Waals surface area contributed by atoms with E-state index >= 15 is 0 Å². The van der Waals surface area contributed by atoms with Crippen LogP contribution in [0.4, 0.5) is 0 Å². The summed E-state index contributed by atoms with van der Waals surface area (Å²) in [6, 6.07) is 11.2. The number of nitrogens with one attached hydrogen (secondary N) is 1. The molecule has 0 saturated carbocycles. The molecule has 3 aromatic rings. The smallest absolute Gasteiger partial charge is 0.333 e. The summed E-state index contributed by atoms with van der Waals surface area (Å²) in [7, 11) is 4.28. The van der Waals surface area contributed by atoms with E-state index in [4.69, 9.17) is 14.2 Å². The monoisotopic (exact) mass is 439 g/mol. The van der Waals surface area contributed by atoms with Crippen LogP contribution in [0.2, 0.25) is 0 Å². The van der Waals surface area contributed by atoms with Crippen LogP contribution in [0.1, 0.15) is 24.4 Å². The fourth-order valence-corrected chi connectivity index (χ4v) is 3.33. The molecule has 0 aliphatic carbocycles. The van der Waals surface area contributed by atoms with E-state index in [9.17, 15) is 14.4 Å². The van der Waals surface area contributed by atoms with Crippen molar-refractivity contribution in [2.75, 3.05) is 21.3 Å². The lowest BCUT2D eigenvalue weighted by Crippen LogP contribution is -2.34. The van der Waals surface area contributed by atoms with Crippen LogP contribution < -0.4 is 20.3 Å². The van der Waals surface area contributed by atoms with Crippen LogP contribution in [0.5, 0.6) is 11.5 Å². The van der Waals surface area contributed by atoms with Gasteiger partial charge in [-0.3, -0.25) is 14.2 Å². The number of amides is 1. The number of fused-ring (bicyclic) bond motifs is 1. The number of ether oxygens (including phenoxy) is 3. The summed E-state index contributed by atoms with van der Waals surface area (Å²) in [6.45, 7) is 0.289. The van der Waals surface area contributed by atoms with Gasteiger partial charge in [0.2, 0.25) is 5.91 Å². The van der Waals surface area contributed by atoms with Gasteiger partial charge in [-0.05, 0) is 18.1 Å². The second kappa shape index (κ2) is 10.4. The Bertz CT molecular complexity index is 1160. The minimum atomic E-state index is -0.888. The summed E-state index contributed by atoms with van der Waals surface area (Å²) in [5.41, 5.74) is 0.880. The number of esters is 1. The summed E-state index contributed by atoms with van der Waals surface area (Å²) in [5, 5.41) is 3.09. The third-order valence-corrected chi connectivity index (χ3v) is 5.01. The summed E-state index contributed by atoms with van der Waals surface area (Å²) in [4.78, 5) is 41.7. The van der Waals surface area contributed by atoms with Gasteiger partial charge in [0.05, 0.1) is 38.6 Å². The summed E-state index contributed by atoms with van der Waals surface area (Å²) in [5.74, 6) is 0.0482. The molecule has 9 nitrogen and oxygen atoms in total. The lowest BCUT2D eigenvalue weighted by atomic mass is 10.1. The molecule has 0 radical (unpaired) electrons. The molecule has 0 unspecified atom stereocenters. The zero-order chi connectivity index (χ0) is 23.1. The molecule has 2 aromatic carbocycles. The quantitative estimate of drug-likeness (QED) is 0.509. The van der Waals surface area contributed by atoms with Crippen molar-refractivity contribution in [2.45, 2.75) is 25.4 Å². The average molecular weight is 439 g/mol. The maximum Gasteiger partial charge on any atom is 0.333 e. The molecule has 168 valence electrons. The lowest BCUT2D eigenvalue weighted by molar-refractivity contribution is -0.145.